The topological polar surface area (TPSA) is 55.4 Å². The lowest BCUT2D eigenvalue weighted by Crippen LogP contribution is -2.32. The van der Waals surface area contributed by atoms with Crippen molar-refractivity contribution in [3.63, 3.8) is 0 Å². The number of nitrogens with one attached hydrogen (secondary N) is 1. The van der Waals surface area contributed by atoms with Crippen molar-refractivity contribution in [1.29, 1.82) is 0 Å². The van der Waals surface area contributed by atoms with E-state index >= 15 is 0 Å². The Bertz CT molecular complexity index is 483. The van der Waals surface area contributed by atoms with E-state index in [1.165, 1.54) is 17.3 Å². The van der Waals surface area contributed by atoms with Gasteiger partial charge < -0.3 is 10.1 Å². The number of hydrogen-bond donors (Lipinski definition) is 1. The molecule has 0 bridgehead atoms. The van der Waals surface area contributed by atoms with Gasteiger partial charge in [0, 0.05) is 5.69 Å². The van der Waals surface area contributed by atoms with Gasteiger partial charge in [-0.15, -0.1) is 11.8 Å². The van der Waals surface area contributed by atoms with Gasteiger partial charge in [0.15, 0.2) is 0 Å². The van der Waals surface area contributed by atoms with Crippen LogP contribution < -0.4 is 5.32 Å². The maximum atomic E-state index is 11.9. The smallest absolute Gasteiger partial charge is 0.321 e. The summed E-state index contributed by atoms with van der Waals surface area (Å²) in [4.78, 5) is 23.6. The number of amides is 1. The van der Waals surface area contributed by atoms with Crippen LogP contribution in [0.15, 0.2) is 24.3 Å². The van der Waals surface area contributed by atoms with Gasteiger partial charge in [-0.25, -0.2) is 0 Å². The maximum Gasteiger partial charge on any atom is 0.321 e. The second-order valence-electron chi connectivity index (χ2n) is 5.12. The third-order valence-electron chi connectivity index (χ3n) is 2.98. The minimum absolute atomic E-state index is 0.123. The van der Waals surface area contributed by atoms with E-state index in [-0.39, 0.29) is 17.6 Å². The molecular formula is C16H23NO3S. The number of ether oxygens (including phenoxy) is 1. The molecule has 0 aliphatic heterocycles. The van der Waals surface area contributed by atoms with Gasteiger partial charge in [-0.3, -0.25) is 9.59 Å². The van der Waals surface area contributed by atoms with Crippen LogP contribution in [0.4, 0.5) is 5.69 Å². The summed E-state index contributed by atoms with van der Waals surface area (Å²) in [5.74, 6) is -0.210. The zero-order valence-corrected chi connectivity index (χ0v) is 13.9. The molecule has 0 heterocycles. The molecule has 1 amide bonds. The van der Waals surface area contributed by atoms with Crippen LogP contribution >= 0.6 is 11.8 Å². The first-order chi connectivity index (χ1) is 9.89. The molecule has 0 aliphatic carbocycles. The summed E-state index contributed by atoms with van der Waals surface area (Å²) >= 11 is 1.28. The monoisotopic (exact) mass is 309 g/mol. The van der Waals surface area contributed by atoms with E-state index in [2.05, 4.69) is 12.2 Å². The number of esters is 1. The van der Waals surface area contributed by atoms with Gasteiger partial charge >= 0.3 is 5.97 Å². The Hall–Kier alpha value is -1.49. The molecule has 0 saturated carbocycles. The predicted molar refractivity (Wildman–Crippen MR) is 87.6 cm³/mol. The Morgan fingerprint density at radius 3 is 2.33 bits per heavy atom. The van der Waals surface area contributed by atoms with Gasteiger partial charge in [-0.2, -0.15) is 0 Å². The lowest BCUT2D eigenvalue weighted by Gasteiger charge is -2.21. The fourth-order valence-corrected chi connectivity index (χ4v) is 2.37. The Morgan fingerprint density at radius 2 is 1.81 bits per heavy atom. The van der Waals surface area contributed by atoms with Crippen LogP contribution in [0.25, 0.3) is 0 Å². The van der Waals surface area contributed by atoms with Crippen LogP contribution in [-0.4, -0.2) is 29.0 Å². The normalized spacial score (nSPS) is 11.0. The quantitative estimate of drug-likeness (QED) is 0.786. The molecule has 0 aliphatic rings. The van der Waals surface area contributed by atoms with E-state index in [0.717, 1.165) is 12.1 Å². The minimum atomic E-state index is -0.723. The summed E-state index contributed by atoms with van der Waals surface area (Å²) in [5, 5.41) is 2.82. The largest absolute Gasteiger partial charge is 0.465 e. The standard InChI is InChI=1S/C16H23NO3S/c1-5-12-7-9-13(10-8-12)17-14(18)11-21-16(3,4)15(19)20-6-2/h7-10H,5-6,11H2,1-4H3,(H,17,18). The molecule has 5 heteroatoms. The van der Waals surface area contributed by atoms with Crippen LogP contribution in [0.1, 0.15) is 33.3 Å². The Morgan fingerprint density at radius 1 is 1.19 bits per heavy atom. The molecule has 1 rings (SSSR count). The number of aryl methyl sites for hydroxylation is 1. The van der Waals surface area contributed by atoms with Crippen LogP contribution in [-0.2, 0) is 20.7 Å². The second kappa shape index (κ2) is 8.08. The van der Waals surface area contributed by atoms with E-state index in [4.69, 9.17) is 4.74 Å². The first-order valence-electron chi connectivity index (χ1n) is 7.09. The van der Waals surface area contributed by atoms with E-state index in [1.807, 2.05) is 24.3 Å². The molecule has 1 N–H and O–H groups in total. The van der Waals surface area contributed by atoms with Gasteiger partial charge in [0.25, 0.3) is 0 Å². The van der Waals surface area contributed by atoms with E-state index in [1.54, 1.807) is 20.8 Å². The number of hydrogen-bond acceptors (Lipinski definition) is 4. The van der Waals surface area contributed by atoms with Crippen molar-refractivity contribution in [3.05, 3.63) is 29.8 Å². The fourth-order valence-electron chi connectivity index (χ4n) is 1.63. The van der Waals surface area contributed by atoms with E-state index in [9.17, 15) is 9.59 Å². The minimum Gasteiger partial charge on any atom is -0.465 e. The number of anilines is 1. The van der Waals surface area contributed by atoms with E-state index in [0.29, 0.717) is 6.61 Å². The van der Waals surface area contributed by atoms with Crippen molar-refractivity contribution >= 4 is 29.3 Å². The van der Waals surface area contributed by atoms with Crippen LogP contribution in [0.5, 0.6) is 0 Å². The fraction of sp³-hybridized carbons (Fsp3) is 0.500. The average molecular weight is 309 g/mol. The molecule has 21 heavy (non-hydrogen) atoms. The molecule has 0 spiro atoms. The summed E-state index contributed by atoms with van der Waals surface area (Å²) in [6.07, 6.45) is 0.970. The number of benzene rings is 1. The van der Waals surface area contributed by atoms with Gasteiger partial charge in [0.1, 0.15) is 4.75 Å². The molecule has 0 atom stereocenters. The highest BCUT2D eigenvalue weighted by molar-refractivity contribution is 8.02. The van der Waals surface area contributed by atoms with Crippen LogP contribution in [0, 0.1) is 0 Å². The average Bonchev–Trinajstić information content (AvgIpc) is 2.46. The zero-order chi connectivity index (χ0) is 15.9. The third-order valence-corrected chi connectivity index (χ3v) is 4.27. The molecule has 0 radical (unpaired) electrons. The lowest BCUT2D eigenvalue weighted by atomic mass is 10.1. The zero-order valence-electron chi connectivity index (χ0n) is 13.1. The molecular weight excluding hydrogens is 286 g/mol. The van der Waals surface area contributed by atoms with Crippen molar-refractivity contribution in [2.45, 2.75) is 38.9 Å². The molecule has 0 aromatic heterocycles. The summed E-state index contributed by atoms with van der Waals surface area (Å²) in [5.41, 5.74) is 2.00. The summed E-state index contributed by atoms with van der Waals surface area (Å²) in [6, 6.07) is 7.76. The molecule has 0 fully saturated rings. The van der Waals surface area contributed by atoms with Crippen LogP contribution in [0.2, 0.25) is 0 Å². The molecule has 1 aromatic carbocycles. The van der Waals surface area contributed by atoms with Gasteiger partial charge in [0.05, 0.1) is 12.4 Å². The van der Waals surface area contributed by atoms with Crippen molar-refractivity contribution < 1.29 is 14.3 Å². The van der Waals surface area contributed by atoms with Crippen molar-refractivity contribution in [3.8, 4) is 0 Å². The lowest BCUT2D eigenvalue weighted by molar-refractivity contribution is -0.145. The van der Waals surface area contributed by atoms with Gasteiger partial charge in [-0.05, 0) is 44.9 Å². The number of carbonyl (C=O) groups is 2. The van der Waals surface area contributed by atoms with Gasteiger partial charge in [0.2, 0.25) is 5.91 Å². The van der Waals surface area contributed by atoms with Crippen molar-refractivity contribution in [2.75, 3.05) is 17.7 Å². The Labute approximate surface area is 130 Å². The number of carbonyl (C=O) groups excluding carboxylic acids is 2. The third kappa shape index (κ3) is 5.79. The summed E-state index contributed by atoms with van der Waals surface area (Å²) in [7, 11) is 0. The molecule has 0 unspecified atom stereocenters. The van der Waals surface area contributed by atoms with Crippen molar-refractivity contribution in [2.24, 2.45) is 0 Å². The van der Waals surface area contributed by atoms with Crippen molar-refractivity contribution in [1.82, 2.24) is 0 Å². The molecule has 116 valence electrons. The molecule has 0 saturated heterocycles. The Kier molecular flexibility index (Phi) is 6.75. The van der Waals surface area contributed by atoms with E-state index < -0.39 is 4.75 Å². The maximum absolute atomic E-state index is 11.9. The highest BCUT2D eigenvalue weighted by Crippen LogP contribution is 2.26. The summed E-state index contributed by atoms with van der Waals surface area (Å²) < 4.78 is 4.27. The molecule has 1 aromatic rings. The first kappa shape index (κ1) is 17.6. The Balaban J connectivity index is 2.48. The SMILES string of the molecule is CCOC(=O)C(C)(C)SCC(=O)Nc1ccc(CC)cc1. The van der Waals surface area contributed by atoms with Crippen LogP contribution in [0.3, 0.4) is 0 Å². The molecule has 4 nitrogen and oxygen atoms in total. The first-order valence-corrected chi connectivity index (χ1v) is 8.07. The van der Waals surface area contributed by atoms with Gasteiger partial charge in [-0.1, -0.05) is 19.1 Å². The highest BCUT2D eigenvalue weighted by atomic mass is 32.2. The predicted octanol–water partition coefficient (Wildman–Crippen LogP) is 3.26. The number of thioether (sulfide) groups is 1. The number of rotatable bonds is 7. The second-order valence-corrected chi connectivity index (χ2v) is 6.72. The highest BCUT2D eigenvalue weighted by Gasteiger charge is 2.30. The summed E-state index contributed by atoms with van der Waals surface area (Å²) in [6.45, 7) is 7.73.